The number of hydrogen-bond acceptors (Lipinski definition) is 4. The Labute approximate surface area is 185 Å². The van der Waals surface area contributed by atoms with Gasteiger partial charge in [0, 0.05) is 28.4 Å². The molecule has 0 bridgehead atoms. The first-order chi connectivity index (χ1) is 15.0. The Morgan fingerprint density at radius 3 is 2.52 bits per heavy atom. The number of carbonyl (C=O) groups is 1. The zero-order valence-electron chi connectivity index (χ0n) is 17.2. The van der Waals surface area contributed by atoms with Crippen LogP contribution in [0.1, 0.15) is 16.8 Å². The van der Waals surface area contributed by atoms with Gasteiger partial charge in [-0.15, -0.1) is 0 Å². The molecule has 152 valence electrons. The van der Waals surface area contributed by atoms with Crippen LogP contribution in [0.25, 0.3) is 23.0 Å². The van der Waals surface area contributed by atoms with Gasteiger partial charge in [-0.05, 0) is 73.6 Å². The maximum absolute atomic E-state index is 12.5. The molecular weight excluding hydrogens is 404 g/mol. The lowest BCUT2D eigenvalue weighted by molar-refractivity contribution is -0.111. The van der Waals surface area contributed by atoms with Crippen molar-refractivity contribution in [1.29, 1.82) is 5.26 Å². The number of thiocyanates is 1. The molecule has 1 N–H and O–H groups in total. The van der Waals surface area contributed by atoms with Crippen molar-refractivity contribution < 1.29 is 4.79 Å². The molecule has 0 spiro atoms. The average Bonchev–Trinajstić information content (AvgIpc) is 3.12. The molecule has 0 saturated carbocycles. The van der Waals surface area contributed by atoms with Gasteiger partial charge in [-0.25, -0.2) is 4.98 Å². The van der Waals surface area contributed by atoms with Crippen LogP contribution >= 0.6 is 11.8 Å². The van der Waals surface area contributed by atoms with Crippen LogP contribution in [0, 0.1) is 24.5 Å². The van der Waals surface area contributed by atoms with Gasteiger partial charge in [0.05, 0.1) is 11.4 Å². The molecule has 2 aromatic carbocycles. The standard InChI is InChI=1S/C25H20N4OS/c1-17-3-5-19(6-4-17)25-22(29-14-13-18(2)15-23(29)28-25)11-12-24(30)27-20-7-9-21(10-8-20)31-16-26/h3-15H,1-2H3,(H,27,30)/b12-11+. The fourth-order valence-corrected chi connectivity index (χ4v) is 3.62. The number of carbonyl (C=O) groups excluding carboxylic acids is 1. The molecule has 0 aliphatic carbocycles. The number of imidazole rings is 1. The molecule has 0 saturated heterocycles. The first-order valence-electron chi connectivity index (χ1n) is 9.74. The third kappa shape index (κ3) is 4.68. The summed E-state index contributed by atoms with van der Waals surface area (Å²) in [7, 11) is 0. The van der Waals surface area contributed by atoms with Gasteiger partial charge in [0.1, 0.15) is 11.0 Å². The SMILES string of the molecule is Cc1ccc(-c2nc3cc(C)ccn3c2/C=C/C(=O)Nc2ccc(SC#N)cc2)cc1. The number of nitrogens with one attached hydrogen (secondary N) is 1. The molecule has 0 radical (unpaired) electrons. The summed E-state index contributed by atoms with van der Waals surface area (Å²) in [5, 5.41) is 13.6. The van der Waals surface area contributed by atoms with Gasteiger partial charge in [-0.2, -0.15) is 5.26 Å². The number of pyridine rings is 1. The highest BCUT2D eigenvalue weighted by molar-refractivity contribution is 8.03. The van der Waals surface area contributed by atoms with Crippen LogP contribution in [0.3, 0.4) is 0 Å². The van der Waals surface area contributed by atoms with Gasteiger partial charge in [0.25, 0.3) is 0 Å². The number of hydrogen-bond donors (Lipinski definition) is 1. The number of nitrogens with zero attached hydrogens (tertiary/aromatic N) is 3. The summed E-state index contributed by atoms with van der Waals surface area (Å²) in [6, 6.07) is 19.4. The molecule has 2 aromatic heterocycles. The highest BCUT2D eigenvalue weighted by Crippen LogP contribution is 2.26. The highest BCUT2D eigenvalue weighted by atomic mass is 32.2. The molecule has 5 nitrogen and oxygen atoms in total. The minimum Gasteiger partial charge on any atom is -0.323 e. The Bertz CT molecular complexity index is 1310. The minimum atomic E-state index is -0.238. The highest BCUT2D eigenvalue weighted by Gasteiger charge is 2.12. The van der Waals surface area contributed by atoms with Crippen LogP contribution in [-0.4, -0.2) is 15.3 Å². The first kappa shape index (κ1) is 20.5. The molecular formula is C25H20N4OS. The van der Waals surface area contributed by atoms with Gasteiger partial charge in [-0.3, -0.25) is 9.20 Å². The summed E-state index contributed by atoms with van der Waals surface area (Å²) < 4.78 is 1.99. The summed E-state index contributed by atoms with van der Waals surface area (Å²) in [5.41, 5.74) is 6.48. The third-order valence-electron chi connectivity index (χ3n) is 4.82. The second-order valence-corrected chi connectivity index (χ2v) is 8.04. The Kier molecular flexibility index (Phi) is 5.87. The van der Waals surface area contributed by atoms with Gasteiger partial charge < -0.3 is 5.32 Å². The van der Waals surface area contributed by atoms with Crippen LogP contribution in [0.5, 0.6) is 0 Å². The Morgan fingerprint density at radius 1 is 1.06 bits per heavy atom. The van der Waals surface area contributed by atoms with Gasteiger partial charge in [0.15, 0.2) is 0 Å². The topological polar surface area (TPSA) is 70.2 Å². The molecule has 2 heterocycles. The summed E-state index contributed by atoms with van der Waals surface area (Å²) >= 11 is 1.08. The van der Waals surface area contributed by atoms with Crippen LogP contribution in [0.15, 0.2) is 77.8 Å². The number of anilines is 1. The lowest BCUT2D eigenvalue weighted by Gasteiger charge is -2.04. The first-order valence-corrected chi connectivity index (χ1v) is 10.6. The third-order valence-corrected chi connectivity index (χ3v) is 5.42. The molecule has 1 amide bonds. The van der Waals surface area contributed by atoms with Crippen molar-refractivity contribution in [2.24, 2.45) is 0 Å². The largest absolute Gasteiger partial charge is 0.323 e. The monoisotopic (exact) mass is 424 g/mol. The lowest BCUT2D eigenvalue weighted by atomic mass is 10.1. The predicted molar refractivity (Wildman–Crippen MR) is 126 cm³/mol. The maximum atomic E-state index is 12.5. The van der Waals surface area contributed by atoms with E-state index >= 15 is 0 Å². The van der Waals surface area contributed by atoms with E-state index in [-0.39, 0.29) is 5.91 Å². The molecule has 4 aromatic rings. The number of aromatic nitrogens is 2. The van der Waals surface area contributed by atoms with E-state index < -0.39 is 0 Å². The zero-order valence-corrected chi connectivity index (χ0v) is 18.0. The number of rotatable bonds is 5. The van der Waals surface area contributed by atoms with Gasteiger partial charge in [0.2, 0.25) is 5.91 Å². The van der Waals surface area contributed by atoms with Gasteiger partial charge in [-0.1, -0.05) is 29.8 Å². The van der Waals surface area contributed by atoms with E-state index in [0.29, 0.717) is 5.69 Å². The molecule has 0 aliphatic heterocycles. The Balaban J connectivity index is 1.64. The van der Waals surface area contributed by atoms with Crippen LogP contribution in [-0.2, 0) is 4.79 Å². The quantitative estimate of drug-likeness (QED) is 0.248. The van der Waals surface area contributed by atoms with E-state index in [1.165, 1.54) is 11.6 Å². The molecule has 0 unspecified atom stereocenters. The van der Waals surface area contributed by atoms with Crippen LogP contribution in [0.2, 0.25) is 0 Å². The Hall–Kier alpha value is -3.82. The summed E-state index contributed by atoms with van der Waals surface area (Å²) in [4.78, 5) is 18.2. The number of benzene rings is 2. The number of amides is 1. The van der Waals surface area contributed by atoms with Crippen molar-refractivity contribution in [3.05, 3.63) is 89.8 Å². The minimum absolute atomic E-state index is 0.238. The molecule has 31 heavy (non-hydrogen) atoms. The summed E-state index contributed by atoms with van der Waals surface area (Å²) in [5.74, 6) is -0.238. The average molecular weight is 425 g/mol. The van der Waals surface area contributed by atoms with E-state index in [0.717, 1.165) is 44.8 Å². The maximum Gasteiger partial charge on any atom is 0.248 e. The summed E-state index contributed by atoms with van der Waals surface area (Å²) in [6.45, 7) is 4.08. The van der Waals surface area contributed by atoms with Crippen molar-refractivity contribution in [3.8, 4) is 16.7 Å². The van der Waals surface area contributed by atoms with Crippen molar-refractivity contribution in [3.63, 3.8) is 0 Å². The summed E-state index contributed by atoms with van der Waals surface area (Å²) in [6.07, 6.45) is 5.28. The fraction of sp³-hybridized carbons (Fsp3) is 0.0800. The van der Waals surface area contributed by atoms with Crippen LogP contribution in [0.4, 0.5) is 5.69 Å². The predicted octanol–water partition coefficient (Wildman–Crippen LogP) is 5.84. The normalized spacial score (nSPS) is 11.0. The number of aryl methyl sites for hydroxylation is 2. The van der Waals surface area contributed by atoms with Crippen molar-refractivity contribution >= 4 is 35.1 Å². The van der Waals surface area contributed by atoms with E-state index in [1.807, 2.05) is 54.1 Å². The lowest BCUT2D eigenvalue weighted by Crippen LogP contribution is -2.07. The van der Waals surface area contributed by atoms with Crippen molar-refractivity contribution in [2.75, 3.05) is 5.32 Å². The number of thioether (sulfide) groups is 1. The van der Waals surface area contributed by atoms with Gasteiger partial charge >= 0.3 is 0 Å². The second kappa shape index (κ2) is 8.90. The van der Waals surface area contributed by atoms with Crippen molar-refractivity contribution in [1.82, 2.24) is 9.38 Å². The zero-order chi connectivity index (χ0) is 21.8. The number of fused-ring (bicyclic) bond motifs is 1. The molecule has 0 fully saturated rings. The molecule has 6 heteroatoms. The van der Waals surface area contributed by atoms with Crippen LogP contribution < -0.4 is 5.32 Å². The van der Waals surface area contributed by atoms with E-state index in [9.17, 15) is 4.79 Å². The molecule has 4 rings (SSSR count). The van der Waals surface area contributed by atoms with E-state index in [2.05, 4.69) is 17.4 Å². The Morgan fingerprint density at radius 2 is 1.81 bits per heavy atom. The smallest absolute Gasteiger partial charge is 0.248 e. The second-order valence-electron chi connectivity index (χ2n) is 7.18. The van der Waals surface area contributed by atoms with E-state index in [4.69, 9.17) is 10.2 Å². The fourth-order valence-electron chi connectivity index (χ4n) is 3.25. The molecule has 0 aliphatic rings. The molecule has 0 atom stereocenters. The number of nitriles is 1. The van der Waals surface area contributed by atoms with Crippen molar-refractivity contribution in [2.45, 2.75) is 18.7 Å². The van der Waals surface area contributed by atoms with E-state index in [1.54, 1.807) is 30.3 Å².